The molecule has 2 aliphatic carbocycles. The number of aromatic amines is 1. The van der Waals surface area contributed by atoms with Gasteiger partial charge in [0.25, 0.3) is 5.56 Å². The Morgan fingerprint density at radius 1 is 0.678 bits per heavy atom. The van der Waals surface area contributed by atoms with E-state index in [1.54, 1.807) is 23.8 Å². The van der Waals surface area contributed by atoms with Crippen molar-refractivity contribution >= 4 is 23.2 Å². The number of benzene rings is 1. The van der Waals surface area contributed by atoms with Crippen LogP contribution in [-0.2, 0) is 60.5 Å². The number of ether oxygens (including phenoxy) is 9. The first-order valence-corrected chi connectivity index (χ1v) is 20.4. The van der Waals surface area contributed by atoms with E-state index in [0.717, 1.165) is 42.9 Å². The van der Waals surface area contributed by atoms with Crippen molar-refractivity contribution in [3.05, 3.63) is 56.7 Å². The van der Waals surface area contributed by atoms with Gasteiger partial charge in [-0.2, -0.15) is 0 Å². The highest BCUT2D eigenvalue weighted by Gasteiger charge is 2.28. The molecule has 0 unspecified atom stereocenters. The zero-order valence-electron chi connectivity index (χ0n) is 34.2. The highest BCUT2D eigenvalue weighted by Crippen LogP contribution is 2.32. The molecular weight excluding hydrogens is 772 g/mol. The zero-order valence-corrected chi connectivity index (χ0v) is 34.2. The minimum absolute atomic E-state index is 0.0322. The Labute approximate surface area is 344 Å². The lowest BCUT2D eigenvalue weighted by atomic mass is 10.1. The molecule has 3 N–H and O–H groups in total. The van der Waals surface area contributed by atoms with E-state index in [1.165, 1.54) is 10.6 Å². The number of hydrogen-bond acceptors (Lipinski definition) is 14. The van der Waals surface area contributed by atoms with Gasteiger partial charge in [0.15, 0.2) is 5.65 Å². The summed E-state index contributed by atoms with van der Waals surface area (Å²) in [5, 5.41) is 17.3. The summed E-state index contributed by atoms with van der Waals surface area (Å²) < 4.78 is 50.4. The molecule has 0 aliphatic heterocycles. The van der Waals surface area contributed by atoms with Crippen LogP contribution in [0.25, 0.3) is 28.6 Å². The molecule has 0 amide bonds. The average molecular weight is 835 g/mol. The number of carbonyl (C=O) groups is 1. The van der Waals surface area contributed by atoms with Crippen molar-refractivity contribution in [2.24, 2.45) is 11.8 Å². The number of fused-ring (bicyclic) bond motifs is 1. The molecule has 0 atom stereocenters. The quantitative estimate of drug-likeness (QED) is 0.0593. The second-order valence-electron chi connectivity index (χ2n) is 13.9. The van der Waals surface area contributed by atoms with Crippen molar-refractivity contribution in [2.75, 3.05) is 126 Å². The first-order valence-electron chi connectivity index (χ1n) is 20.4. The summed E-state index contributed by atoms with van der Waals surface area (Å²) in [7, 11) is 1.64. The number of hydrogen-bond donors (Lipinski definition) is 3. The topological polar surface area (TPSA) is 213 Å². The van der Waals surface area contributed by atoms with Crippen LogP contribution >= 0.6 is 0 Å². The second kappa shape index (κ2) is 28.6. The average Bonchev–Trinajstić information content (AvgIpc) is 4.19. The maximum absolute atomic E-state index is 13.1. The van der Waals surface area contributed by atoms with Crippen LogP contribution in [0.3, 0.4) is 0 Å². The van der Waals surface area contributed by atoms with E-state index in [9.17, 15) is 14.4 Å². The van der Waals surface area contributed by atoms with Crippen molar-refractivity contribution < 1.29 is 57.6 Å². The van der Waals surface area contributed by atoms with E-state index < -0.39 is 5.97 Å². The maximum Gasteiger partial charge on any atom is 0.332 e. The molecule has 5 rings (SSSR count). The minimum atomic E-state index is -1.01. The molecule has 3 aromatic rings. The molecule has 2 aromatic heterocycles. The normalized spacial score (nSPS) is 14.0. The van der Waals surface area contributed by atoms with E-state index >= 15 is 0 Å². The standard InChI is InChI=1S/C22H22N4O4.C19H40O10/c27-17(28)10-7-13-5-8-16(9-6-13)19-23-18-20(24-19)25(11-14-1-2-14)22(30)26(21(18)29)12-15-3-4-15;1-21-4-5-23-8-9-25-12-13-27-16-17-29-19-18-28-15-14-26-11-10-24-7-6-22-3-2-20/h5-10,14-15H,1-4,11-12H2,(H,23,24)(H,27,28);20H,2-19H2,1H3/b10-7+;. The van der Waals surface area contributed by atoms with Gasteiger partial charge < -0.3 is 57.8 Å². The fraction of sp³-hybridized carbons (Fsp3) is 0.659. The maximum atomic E-state index is 13.1. The number of nitrogens with zero attached hydrogens (tertiary/aromatic N) is 3. The molecule has 2 fully saturated rings. The van der Waals surface area contributed by atoms with Gasteiger partial charge in [0.1, 0.15) is 11.3 Å². The lowest BCUT2D eigenvalue weighted by Gasteiger charge is -2.10. The Morgan fingerprint density at radius 2 is 1.10 bits per heavy atom. The number of carboxylic acids is 1. The summed E-state index contributed by atoms with van der Waals surface area (Å²) in [6.07, 6.45) is 6.90. The van der Waals surface area contributed by atoms with Crippen molar-refractivity contribution in [3.63, 3.8) is 0 Å². The van der Waals surface area contributed by atoms with E-state index in [1.807, 2.05) is 12.1 Å². The number of carboxylic acid groups (broad SMARTS) is 1. The molecule has 2 aliphatic rings. The van der Waals surface area contributed by atoms with Gasteiger partial charge >= 0.3 is 11.7 Å². The van der Waals surface area contributed by atoms with Crippen LogP contribution in [0, 0.1) is 11.8 Å². The van der Waals surface area contributed by atoms with Gasteiger partial charge in [-0.1, -0.05) is 24.3 Å². The largest absolute Gasteiger partial charge is 0.478 e. The third kappa shape index (κ3) is 19.4. The number of aliphatic hydroxyl groups excluding tert-OH is 1. The number of aliphatic carboxylic acids is 1. The molecule has 0 radical (unpaired) electrons. The zero-order chi connectivity index (χ0) is 41.9. The summed E-state index contributed by atoms with van der Waals surface area (Å²) in [6.45, 7) is 9.96. The van der Waals surface area contributed by atoms with Crippen molar-refractivity contribution in [2.45, 2.75) is 38.8 Å². The number of aliphatic hydroxyl groups is 1. The van der Waals surface area contributed by atoms with E-state index in [0.29, 0.717) is 154 Å². The van der Waals surface area contributed by atoms with Crippen LogP contribution in [0.1, 0.15) is 31.2 Å². The number of aromatic nitrogens is 4. The molecule has 2 saturated carbocycles. The molecule has 18 nitrogen and oxygen atoms in total. The highest BCUT2D eigenvalue weighted by atomic mass is 16.6. The fourth-order valence-corrected chi connectivity index (χ4v) is 5.51. The third-order valence-corrected chi connectivity index (χ3v) is 9.01. The molecule has 1 aromatic carbocycles. The predicted octanol–water partition coefficient (Wildman–Crippen LogP) is 2.23. The van der Waals surface area contributed by atoms with Gasteiger partial charge in [-0.3, -0.25) is 13.9 Å². The fourth-order valence-electron chi connectivity index (χ4n) is 5.51. The monoisotopic (exact) mass is 834 g/mol. The van der Waals surface area contributed by atoms with Crippen LogP contribution in [0.2, 0.25) is 0 Å². The lowest BCUT2D eigenvalue weighted by Crippen LogP contribution is -2.41. The molecule has 18 heteroatoms. The van der Waals surface area contributed by atoms with Crippen LogP contribution in [-0.4, -0.2) is 161 Å². The summed E-state index contributed by atoms with van der Waals surface area (Å²) >= 11 is 0. The van der Waals surface area contributed by atoms with Crippen LogP contribution in [0.4, 0.5) is 0 Å². The van der Waals surface area contributed by atoms with Gasteiger partial charge in [-0.25, -0.2) is 14.6 Å². The molecule has 0 saturated heterocycles. The SMILES string of the molecule is COCCOCCOCCOCCOCCOCCOCCOCCOCCO.O=C(O)/C=C/c1ccc(-c2nc3c([nH]2)c(=O)n(CC2CC2)c(=O)n3CC2CC2)cc1. The molecule has 0 spiro atoms. The summed E-state index contributed by atoms with van der Waals surface area (Å²) in [5.74, 6) is 0.394. The van der Waals surface area contributed by atoms with Crippen molar-refractivity contribution in [3.8, 4) is 11.4 Å². The van der Waals surface area contributed by atoms with Crippen molar-refractivity contribution in [1.82, 2.24) is 19.1 Å². The van der Waals surface area contributed by atoms with Gasteiger partial charge in [0.05, 0.1) is 119 Å². The Balaban J connectivity index is 0.000000261. The van der Waals surface area contributed by atoms with Gasteiger partial charge in [0, 0.05) is 31.8 Å². The molecular formula is C41H62N4O14. The third-order valence-electron chi connectivity index (χ3n) is 9.01. The summed E-state index contributed by atoms with van der Waals surface area (Å²) in [4.78, 5) is 44.5. The van der Waals surface area contributed by atoms with E-state index in [4.69, 9.17) is 52.8 Å². The summed E-state index contributed by atoms with van der Waals surface area (Å²) in [6, 6.07) is 7.19. The van der Waals surface area contributed by atoms with Gasteiger partial charge in [0.2, 0.25) is 0 Å². The Kier molecular flexibility index (Phi) is 23.2. The van der Waals surface area contributed by atoms with Gasteiger partial charge in [-0.05, 0) is 49.2 Å². The van der Waals surface area contributed by atoms with Crippen LogP contribution < -0.4 is 11.2 Å². The van der Waals surface area contributed by atoms with Gasteiger partial charge in [-0.15, -0.1) is 0 Å². The molecule has 330 valence electrons. The molecule has 59 heavy (non-hydrogen) atoms. The second-order valence-corrected chi connectivity index (χ2v) is 13.9. The van der Waals surface area contributed by atoms with Crippen LogP contribution in [0.15, 0.2) is 39.9 Å². The molecule has 0 bridgehead atoms. The van der Waals surface area contributed by atoms with E-state index in [2.05, 4.69) is 9.97 Å². The Hall–Kier alpha value is -3.82. The summed E-state index contributed by atoms with van der Waals surface area (Å²) in [5.41, 5.74) is 1.70. The smallest absolute Gasteiger partial charge is 0.332 e. The predicted molar refractivity (Wildman–Crippen MR) is 218 cm³/mol. The number of imidazole rings is 1. The number of rotatable bonds is 33. The lowest BCUT2D eigenvalue weighted by molar-refractivity contribution is -0.131. The first kappa shape index (κ1) is 47.9. The van der Waals surface area contributed by atoms with Crippen LogP contribution in [0.5, 0.6) is 0 Å². The Morgan fingerprint density at radius 3 is 1.51 bits per heavy atom. The number of nitrogens with one attached hydrogen (secondary N) is 1. The molecule has 2 heterocycles. The first-order chi connectivity index (χ1) is 28.9. The van der Waals surface area contributed by atoms with E-state index in [-0.39, 0.29) is 17.9 Å². The minimum Gasteiger partial charge on any atom is -0.478 e. The number of H-pyrrole nitrogens is 1. The van der Waals surface area contributed by atoms with Crippen molar-refractivity contribution in [1.29, 1.82) is 0 Å². The number of methoxy groups -OCH3 is 1. The Bertz CT molecular complexity index is 1730. The highest BCUT2D eigenvalue weighted by molar-refractivity contribution is 5.85.